The van der Waals surface area contributed by atoms with Gasteiger partial charge in [-0.15, -0.1) is 0 Å². The summed E-state index contributed by atoms with van der Waals surface area (Å²) in [5.41, 5.74) is 3.33. The zero-order valence-electron chi connectivity index (χ0n) is 13.0. The first-order chi connectivity index (χ1) is 11.4. The second-order valence-corrected chi connectivity index (χ2v) is 4.86. The molecule has 0 bridgehead atoms. The Labute approximate surface area is 137 Å². The third-order valence-corrected chi connectivity index (χ3v) is 3.28. The predicted octanol–water partition coefficient (Wildman–Crippen LogP) is 2.38. The second kappa shape index (κ2) is 7.23. The summed E-state index contributed by atoms with van der Waals surface area (Å²) in [6.45, 7) is 1.79. The van der Waals surface area contributed by atoms with Crippen LogP contribution in [-0.2, 0) is 0 Å². The SMILES string of the molecule is COc1cc([N+](=O)[O-])cc(/C=N\NC(=O)c2ccccc2C)c1O. The lowest BCUT2D eigenvalue weighted by Crippen LogP contribution is -2.18. The Morgan fingerprint density at radius 3 is 2.71 bits per heavy atom. The molecule has 0 saturated carbocycles. The van der Waals surface area contributed by atoms with Gasteiger partial charge in [0.25, 0.3) is 11.6 Å². The molecule has 1 amide bonds. The number of amides is 1. The number of non-ortho nitro benzene ring substituents is 1. The first-order valence-corrected chi connectivity index (χ1v) is 6.88. The van der Waals surface area contributed by atoms with Crippen molar-refractivity contribution in [2.75, 3.05) is 7.11 Å². The van der Waals surface area contributed by atoms with Gasteiger partial charge in [-0.05, 0) is 18.6 Å². The molecular formula is C16H15N3O5. The summed E-state index contributed by atoms with van der Waals surface area (Å²) in [6.07, 6.45) is 1.11. The van der Waals surface area contributed by atoms with Crippen molar-refractivity contribution in [2.45, 2.75) is 6.92 Å². The number of nitro benzene ring substituents is 1. The molecule has 0 unspecified atom stereocenters. The van der Waals surface area contributed by atoms with Crippen LogP contribution < -0.4 is 10.2 Å². The molecule has 0 atom stereocenters. The molecule has 0 aliphatic rings. The average molecular weight is 329 g/mol. The lowest BCUT2D eigenvalue weighted by atomic mass is 10.1. The van der Waals surface area contributed by atoms with Gasteiger partial charge in [-0.25, -0.2) is 5.43 Å². The number of phenols is 1. The highest BCUT2D eigenvalue weighted by atomic mass is 16.6. The minimum absolute atomic E-state index is 0.0473. The Morgan fingerprint density at radius 2 is 2.08 bits per heavy atom. The van der Waals surface area contributed by atoms with Gasteiger partial charge >= 0.3 is 0 Å². The minimum Gasteiger partial charge on any atom is -0.504 e. The van der Waals surface area contributed by atoms with Crippen LogP contribution in [0, 0.1) is 17.0 Å². The van der Waals surface area contributed by atoms with E-state index in [-0.39, 0.29) is 22.7 Å². The van der Waals surface area contributed by atoms with Crippen molar-refractivity contribution in [2.24, 2.45) is 5.10 Å². The molecule has 0 fully saturated rings. The summed E-state index contributed by atoms with van der Waals surface area (Å²) in [7, 11) is 1.28. The van der Waals surface area contributed by atoms with Crippen LogP contribution in [0.25, 0.3) is 0 Å². The fourth-order valence-corrected chi connectivity index (χ4v) is 2.02. The zero-order valence-corrected chi connectivity index (χ0v) is 13.0. The Hall–Kier alpha value is -3.42. The molecule has 8 nitrogen and oxygen atoms in total. The minimum atomic E-state index is -0.620. The van der Waals surface area contributed by atoms with Crippen molar-refractivity contribution in [3.05, 3.63) is 63.2 Å². The van der Waals surface area contributed by atoms with Crippen LogP contribution >= 0.6 is 0 Å². The Balaban J connectivity index is 2.23. The lowest BCUT2D eigenvalue weighted by molar-refractivity contribution is -0.385. The molecule has 0 aliphatic heterocycles. The molecule has 0 aliphatic carbocycles. The van der Waals surface area contributed by atoms with Gasteiger partial charge in [0.05, 0.1) is 24.3 Å². The number of rotatable bonds is 5. The third-order valence-electron chi connectivity index (χ3n) is 3.28. The molecule has 0 aromatic heterocycles. The van der Waals surface area contributed by atoms with Crippen LogP contribution in [0.5, 0.6) is 11.5 Å². The van der Waals surface area contributed by atoms with E-state index in [1.165, 1.54) is 7.11 Å². The van der Waals surface area contributed by atoms with Crippen molar-refractivity contribution in [1.82, 2.24) is 5.43 Å². The number of phenolic OH excluding ortho intramolecular Hbond substituents is 1. The van der Waals surface area contributed by atoms with Gasteiger partial charge in [-0.1, -0.05) is 18.2 Å². The maximum atomic E-state index is 12.0. The highest BCUT2D eigenvalue weighted by Crippen LogP contribution is 2.33. The highest BCUT2D eigenvalue weighted by molar-refractivity contribution is 5.96. The van der Waals surface area contributed by atoms with Crippen molar-refractivity contribution in [1.29, 1.82) is 0 Å². The van der Waals surface area contributed by atoms with Gasteiger partial charge in [-0.2, -0.15) is 5.10 Å². The van der Waals surface area contributed by atoms with Gasteiger partial charge in [0, 0.05) is 17.2 Å². The largest absolute Gasteiger partial charge is 0.504 e. The number of aryl methyl sites for hydroxylation is 1. The number of carbonyl (C=O) groups excluding carboxylic acids is 1. The lowest BCUT2D eigenvalue weighted by Gasteiger charge is -2.06. The maximum absolute atomic E-state index is 12.0. The topological polar surface area (TPSA) is 114 Å². The molecule has 0 radical (unpaired) electrons. The van der Waals surface area contributed by atoms with Crippen molar-refractivity contribution in [3.63, 3.8) is 0 Å². The second-order valence-electron chi connectivity index (χ2n) is 4.86. The fraction of sp³-hybridized carbons (Fsp3) is 0.125. The number of methoxy groups -OCH3 is 1. The van der Waals surface area contributed by atoms with Gasteiger partial charge in [-0.3, -0.25) is 14.9 Å². The number of carbonyl (C=O) groups is 1. The average Bonchev–Trinajstić information content (AvgIpc) is 2.56. The summed E-state index contributed by atoms with van der Waals surface area (Å²) in [5, 5.41) is 24.6. The quantitative estimate of drug-likeness (QED) is 0.496. The number of hydrazone groups is 1. The third kappa shape index (κ3) is 3.67. The summed E-state index contributed by atoms with van der Waals surface area (Å²) in [4.78, 5) is 22.3. The van der Waals surface area contributed by atoms with Gasteiger partial charge in [0.1, 0.15) is 0 Å². The molecule has 2 aromatic carbocycles. The van der Waals surface area contributed by atoms with E-state index < -0.39 is 10.8 Å². The summed E-state index contributed by atoms with van der Waals surface area (Å²) < 4.78 is 4.89. The number of hydrogen-bond donors (Lipinski definition) is 2. The van der Waals surface area contributed by atoms with Crippen LogP contribution in [0.15, 0.2) is 41.5 Å². The van der Waals surface area contributed by atoms with Crippen LogP contribution in [0.4, 0.5) is 5.69 Å². The number of nitrogens with one attached hydrogen (secondary N) is 1. The van der Waals surface area contributed by atoms with E-state index in [0.29, 0.717) is 5.56 Å². The smallest absolute Gasteiger partial charge is 0.274 e. The van der Waals surface area contributed by atoms with E-state index in [2.05, 4.69) is 10.5 Å². The normalized spacial score (nSPS) is 10.6. The maximum Gasteiger partial charge on any atom is 0.274 e. The van der Waals surface area contributed by atoms with Crippen molar-refractivity contribution >= 4 is 17.8 Å². The molecule has 0 heterocycles. The van der Waals surface area contributed by atoms with Crippen LogP contribution in [0.3, 0.4) is 0 Å². The van der Waals surface area contributed by atoms with Gasteiger partial charge < -0.3 is 9.84 Å². The van der Waals surface area contributed by atoms with E-state index in [9.17, 15) is 20.0 Å². The summed E-state index contributed by atoms with van der Waals surface area (Å²) in [5.74, 6) is -0.797. The molecule has 2 rings (SSSR count). The molecule has 2 N–H and O–H groups in total. The Morgan fingerprint density at radius 1 is 1.38 bits per heavy atom. The number of hydrogen-bond acceptors (Lipinski definition) is 6. The molecular weight excluding hydrogens is 314 g/mol. The molecule has 24 heavy (non-hydrogen) atoms. The number of aromatic hydroxyl groups is 1. The first-order valence-electron chi connectivity index (χ1n) is 6.88. The van der Waals surface area contributed by atoms with Crippen LogP contribution in [0.1, 0.15) is 21.5 Å². The molecule has 124 valence electrons. The number of benzene rings is 2. The summed E-state index contributed by atoms with van der Waals surface area (Å²) in [6, 6.07) is 9.19. The molecule has 2 aromatic rings. The van der Waals surface area contributed by atoms with E-state index in [1.807, 2.05) is 6.07 Å². The zero-order chi connectivity index (χ0) is 17.7. The number of ether oxygens (including phenoxy) is 1. The Kier molecular flexibility index (Phi) is 5.10. The molecule has 0 spiro atoms. The van der Waals surface area contributed by atoms with E-state index >= 15 is 0 Å². The van der Waals surface area contributed by atoms with Crippen LogP contribution in [0.2, 0.25) is 0 Å². The van der Waals surface area contributed by atoms with Crippen molar-refractivity contribution in [3.8, 4) is 11.5 Å². The fourth-order valence-electron chi connectivity index (χ4n) is 2.02. The van der Waals surface area contributed by atoms with E-state index in [4.69, 9.17) is 4.74 Å². The first kappa shape index (κ1) is 16.9. The monoisotopic (exact) mass is 329 g/mol. The molecule has 0 saturated heterocycles. The standard InChI is InChI=1S/C16H15N3O5/c1-10-5-3-4-6-13(10)16(21)18-17-9-11-7-12(19(22)23)8-14(24-2)15(11)20/h3-9,20H,1-2H3,(H,18,21)/b17-9-. The predicted molar refractivity (Wildman–Crippen MR) is 87.6 cm³/mol. The van der Waals surface area contributed by atoms with Gasteiger partial charge in [0.15, 0.2) is 11.5 Å². The van der Waals surface area contributed by atoms with Crippen LogP contribution in [-0.4, -0.2) is 29.3 Å². The van der Waals surface area contributed by atoms with E-state index in [1.54, 1.807) is 25.1 Å². The number of nitro groups is 1. The van der Waals surface area contributed by atoms with E-state index in [0.717, 1.165) is 23.9 Å². The molecule has 8 heteroatoms. The number of nitrogens with zero attached hydrogens (tertiary/aromatic N) is 2. The highest BCUT2D eigenvalue weighted by Gasteiger charge is 2.16. The Bertz CT molecular complexity index is 817. The van der Waals surface area contributed by atoms with Gasteiger partial charge in [0.2, 0.25) is 0 Å². The summed E-state index contributed by atoms with van der Waals surface area (Å²) >= 11 is 0. The van der Waals surface area contributed by atoms with Crippen molar-refractivity contribution < 1.29 is 19.6 Å².